The minimum atomic E-state index is 0.0261. The molecule has 0 aliphatic heterocycles. The maximum absolute atomic E-state index is 9.58. The Kier molecular flexibility index (Phi) is 2.99. The van der Waals surface area contributed by atoms with E-state index in [1.54, 1.807) is 6.42 Å². The van der Waals surface area contributed by atoms with E-state index < -0.39 is 0 Å². The molecule has 1 nitrogen and oxygen atoms in total. The highest BCUT2D eigenvalue weighted by Crippen LogP contribution is 2.56. The molecule has 1 N–H and O–H groups in total. The van der Waals surface area contributed by atoms with Crippen LogP contribution in [0.4, 0.5) is 0 Å². The quantitative estimate of drug-likeness (QED) is 0.756. The number of aliphatic hydroxyl groups is 1. The molecule has 0 spiro atoms. The van der Waals surface area contributed by atoms with E-state index in [0.29, 0.717) is 0 Å². The Labute approximate surface area is 99.6 Å². The van der Waals surface area contributed by atoms with Crippen LogP contribution in [0.5, 0.6) is 0 Å². The van der Waals surface area contributed by atoms with Gasteiger partial charge in [-0.3, -0.25) is 0 Å². The Morgan fingerprint density at radius 2 is 1.62 bits per heavy atom. The van der Waals surface area contributed by atoms with Crippen molar-refractivity contribution in [1.29, 1.82) is 0 Å². The standard InChI is InChI=1S/C15H26O/c1-2-10-7-13-8-12(10)9-15(13)11-3-5-14(16)6-4-11/h10-16H,2-9H2,1H3. The molecule has 16 heavy (non-hydrogen) atoms. The van der Waals surface area contributed by atoms with Crippen molar-refractivity contribution in [1.82, 2.24) is 0 Å². The van der Waals surface area contributed by atoms with E-state index in [0.717, 1.165) is 42.4 Å². The molecule has 0 saturated heterocycles. The van der Waals surface area contributed by atoms with Gasteiger partial charge in [-0.15, -0.1) is 0 Å². The van der Waals surface area contributed by atoms with Gasteiger partial charge in [-0.25, -0.2) is 0 Å². The number of hydrogen-bond acceptors (Lipinski definition) is 1. The first kappa shape index (κ1) is 11.1. The summed E-state index contributed by atoms with van der Waals surface area (Å²) in [5.41, 5.74) is 0. The van der Waals surface area contributed by atoms with Crippen molar-refractivity contribution >= 4 is 0 Å². The van der Waals surface area contributed by atoms with E-state index in [1.165, 1.54) is 32.1 Å². The van der Waals surface area contributed by atoms with Gasteiger partial charge in [0.1, 0.15) is 0 Å². The lowest BCUT2D eigenvalue weighted by Crippen LogP contribution is -2.29. The molecular formula is C15H26O. The molecule has 3 aliphatic carbocycles. The normalized spacial score (nSPS) is 52.1. The highest BCUT2D eigenvalue weighted by atomic mass is 16.3. The monoisotopic (exact) mass is 222 g/mol. The Bertz CT molecular complexity index is 242. The zero-order valence-electron chi connectivity index (χ0n) is 10.6. The van der Waals surface area contributed by atoms with E-state index in [-0.39, 0.29) is 6.10 Å². The van der Waals surface area contributed by atoms with Crippen LogP contribution < -0.4 is 0 Å². The number of rotatable bonds is 2. The Morgan fingerprint density at radius 1 is 0.875 bits per heavy atom. The predicted octanol–water partition coefficient (Wildman–Crippen LogP) is 3.61. The molecule has 92 valence electrons. The minimum Gasteiger partial charge on any atom is -0.393 e. The number of aliphatic hydroxyl groups excluding tert-OH is 1. The summed E-state index contributed by atoms with van der Waals surface area (Å²) in [5, 5.41) is 9.58. The van der Waals surface area contributed by atoms with Gasteiger partial charge in [-0.2, -0.15) is 0 Å². The van der Waals surface area contributed by atoms with Crippen LogP contribution in [0.15, 0.2) is 0 Å². The van der Waals surface area contributed by atoms with Crippen LogP contribution in [0, 0.1) is 29.6 Å². The summed E-state index contributed by atoms with van der Waals surface area (Å²) in [6.45, 7) is 2.37. The third-order valence-corrected chi connectivity index (χ3v) is 5.93. The Hall–Kier alpha value is -0.0400. The fraction of sp³-hybridized carbons (Fsp3) is 1.00. The van der Waals surface area contributed by atoms with Gasteiger partial charge in [0, 0.05) is 0 Å². The molecule has 3 rings (SSSR count). The second kappa shape index (κ2) is 4.33. The van der Waals surface area contributed by atoms with Gasteiger partial charge in [-0.1, -0.05) is 13.3 Å². The van der Waals surface area contributed by atoms with Crippen LogP contribution in [0.1, 0.15) is 58.3 Å². The Morgan fingerprint density at radius 3 is 2.19 bits per heavy atom. The Balaban J connectivity index is 1.58. The van der Waals surface area contributed by atoms with Crippen molar-refractivity contribution in [3.63, 3.8) is 0 Å². The molecule has 4 unspecified atom stereocenters. The number of fused-ring (bicyclic) bond motifs is 2. The third kappa shape index (κ3) is 1.81. The first-order chi connectivity index (χ1) is 7.78. The molecule has 0 aromatic rings. The average molecular weight is 222 g/mol. The molecule has 3 fully saturated rings. The molecule has 1 heteroatoms. The average Bonchev–Trinajstić information content (AvgIpc) is 2.88. The highest BCUT2D eigenvalue weighted by molar-refractivity contribution is 4.97. The molecule has 0 radical (unpaired) electrons. The van der Waals surface area contributed by atoms with Gasteiger partial charge in [0.05, 0.1) is 6.10 Å². The fourth-order valence-corrected chi connectivity index (χ4v) is 5.05. The maximum Gasteiger partial charge on any atom is 0.0540 e. The fourth-order valence-electron chi connectivity index (χ4n) is 5.05. The summed E-state index contributed by atoms with van der Waals surface area (Å²) >= 11 is 0. The van der Waals surface area contributed by atoms with E-state index >= 15 is 0 Å². The summed E-state index contributed by atoms with van der Waals surface area (Å²) < 4.78 is 0. The van der Waals surface area contributed by atoms with Gasteiger partial charge in [-0.05, 0) is 74.5 Å². The van der Waals surface area contributed by atoms with Crippen molar-refractivity contribution in [2.75, 3.05) is 0 Å². The van der Waals surface area contributed by atoms with Gasteiger partial charge in [0.15, 0.2) is 0 Å². The summed E-state index contributed by atoms with van der Waals surface area (Å²) in [5.74, 6) is 5.22. The molecular weight excluding hydrogens is 196 g/mol. The van der Waals surface area contributed by atoms with Gasteiger partial charge < -0.3 is 5.11 Å². The minimum absolute atomic E-state index is 0.0261. The lowest BCUT2D eigenvalue weighted by atomic mass is 9.70. The molecule has 0 heterocycles. The van der Waals surface area contributed by atoms with Gasteiger partial charge in [0.2, 0.25) is 0 Å². The summed E-state index contributed by atoms with van der Waals surface area (Å²) in [4.78, 5) is 0. The topological polar surface area (TPSA) is 20.2 Å². The molecule has 3 saturated carbocycles. The summed E-state index contributed by atoms with van der Waals surface area (Å²) in [7, 11) is 0. The number of hydrogen-bond donors (Lipinski definition) is 1. The zero-order valence-corrected chi connectivity index (χ0v) is 10.6. The SMILES string of the molecule is CCC1CC2CC1CC2C1CCC(O)CC1. The predicted molar refractivity (Wildman–Crippen MR) is 66.1 cm³/mol. The lowest BCUT2D eigenvalue weighted by molar-refractivity contribution is 0.0721. The lowest BCUT2D eigenvalue weighted by Gasteiger charge is -2.36. The molecule has 0 amide bonds. The van der Waals surface area contributed by atoms with Crippen LogP contribution in [0.25, 0.3) is 0 Å². The molecule has 0 aromatic carbocycles. The van der Waals surface area contributed by atoms with E-state index in [4.69, 9.17) is 0 Å². The summed E-state index contributed by atoms with van der Waals surface area (Å²) in [6.07, 6.45) is 10.8. The van der Waals surface area contributed by atoms with Crippen LogP contribution in [-0.4, -0.2) is 11.2 Å². The molecule has 4 atom stereocenters. The second-order valence-electron chi connectivity index (χ2n) is 6.63. The molecule has 2 bridgehead atoms. The van der Waals surface area contributed by atoms with Crippen molar-refractivity contribution in [3.05, 3.63) is 0 Å². The highest BCUT2D eigenvalue weighted by Gasteiger charge is 2.47. The van der Waals surface area contributed by atoms with Crippen LogP contribution >= 0.6 is 0 Å². The van der Waals surface area contributed by atoms with Crippen LogP contribution in [-0.2, 0) is 0 Å². The summed E-state index contributed by atoms with van der Waals surface area (Å²) in [6, 6.07) is 0. The smallest absolute Gasteiger partial charge is 0.0540 e. The van der Waals surface area contributed by atoms with E-state index in [9.17, 15) is 5.11 Å². The van der Waals surface area contributed by atoms with Gasteiger partial charge in [0.25, 0.3) is 0 Å². The van der Waals surface area contributed by atoms with E-state index in [2.05, 4.69) is 6.92 Å². The van der Waals surface area contributed by atoms with Crippen LogP contribution in [0.2, 0.25) is 0 Å². The van der Waals surface area contributed by atoms with Crippen LogP contribution in [0.3, 0.4) is 0 Å². The third-order valence-electron chi connectivity index (χ3n) is 5.93. The van der Waals surface area contributed by atoms with Crippen molar-refractivity contribution in [2.24, 2.45) is 29.6 Å². The largest absolute Gasteiger partial charge is 0.393 e. The van der Waals surface area contributed by atoms with E-state index in [1.807, 2.05) is 0 Å². The second-order valence-corrected chi connectivity index (χ2v) is 6.63. The first-order valence-electron chi connectivity index (χ1n) is 7.46. The zero-order chi connectivity index (χ0) is 11.1. The maximum atomic E-state index is 9.58. The van der Waals surface area contributed by atoms with Crippen molar-refractivity contribution in [3.8, 4) is 0 Å². The van der Waals surface area contributed by atoms with Crippen molar-refractivity contribution in [2.45, 2.75) is 64.4 Å². The molecule has 0 aromatic heterocycles. The first-order valence-corrected chi connectivity index (χ1v) is 7.46. The van der Waals surface area contributed by atoms with Gasteiger partial charge >= 0.3 is 0 Å². The molecule has 3 aliphatic rings. The van der Waals surface area contributed by atoms with Crippen molar-refractivity contribution < 1.29 is 5.11 Å².